The highest BCUT2D eigenvalue weighted by Crippen LogP contribution is 2.29. The number of para-hydroxylation sites is 1. The fourth-order valence-corrected chi connectivity index (χ4v) is 4.50. The molecule has 2 aliphatic heterocycles. The minimum absolute atomic E-state index is 0.726. The van der Waals surface area contributed by atoms with Crippen LogP contribution in [0.5, 0.6) is 0 Å². The minimum atomic E-state index is 0.726. The Morgan fingerprint density at radius 1 is 0.793 bits per heavy atom. The Kier molecular flexibility index (Phi) is 5.23. The SMILES string of the molecule is c1ccc(N2CCN(c3nnc(-c4cncc(N5CCOCC5)n4)s3)CC2)cc1. The van der Waals surface area contributed by atoms with Gasteiger partial charge in [0.1, 0.15) is 11.5 Å². The fraction of sp³-hybridized carbons (Fsp3) is 0.400. The van der Waals surface area contributed by atoms with Crippen molar-refractivity contribution < 1.29 is 4.74 Å². The molecule has 5 rings (SSSR count). The third-order valence-electron chi connectivity index (χ3n) is 5.26. The molecule has 2 fully saturated rings. The highest BCUT2D eigenvalue weighted by Gasteiger charge is 2.21. The molecule has 0 atom stereocenters. The zero-order valence-electron chi connectivity index (χ0n) is 16.1. The van der Waals surface area contributed by atoms with E-state index in [1.807, 2.05) is 0 Å². The average Bonchev–Trinajstić information content (AvgIpc) is 3.31. The van der Waals surface area contributed by atoms with Crippen LogP contribution in [-0.4, -0.2) is 72.6 Å². The van der Waals surface area contributed by atoms with Gasteiger partial charge in [-0.1, -0.05) is 29.5 Å². The second kappa shape index (κ2) is 8.30. The molecule has 0 saturated carbocycles. The van der Waals surface area contributed by atoms with Crippen LogP contribution in [0.1, 0.15) is 0 Å². The first-order valence-corrected chi connectivity index (χ1v) is 10.7. The summed E-state index contributed by atoms with van der Waals surface area (Å²) in [7, 11) is 0. The Morgan fingerprint density at radius 3 is 2.34 bits per heavy atom. The van der Waals surface area contributed by atoms with Crippen molar-refractivity contribution >= 4 is 28.0 Å². The molecule has 0 amide bonds. The molecule has 8 nitrogen and oxygen atoms in total. The summed E-state index contributed by atoms with van der Waals surface area (Å²) < 4.78 is 5.42. The lowest BCUT2D eigenvalue weighted by atomic mass is 10.2. The summed E-state index contributed by atoms with van der Waals surface area (Å²) >= 11 is 1.58. The Labute approximate surface area is 173 Å². The monoisotopic (exact) mass is 409 g/mol. The molecule has 3 aromatic rings. The number of aromatic nitrogens is 4. The van der Waals surface area contributed by atoms with Crippen LogP contribution in [-0.2, 0) is 4.74 Å². The second-order valence-corrected chi connectivity index (χ2v) is 8.02. The summed E-state index contributed by atoms with van der Waals surface area (Å²) in [6.45, 7) is 6.95. The van der Waals surface area contributed by atoms with E-state index >= 15 is 0 Å². The van der Waals surface area contributed by atoms with Crippen molar-refractivity contribution in [2.45, 2.75) is 0 Å². The first-order valence-electron chi connectivity index (χ1n) is 9.90. The fourth-order valence-electron chi connectivity index (χ4n) is 3.65. The van der Waals surface area contributed by atoms with E-state index in [9.17, 15) is 0 Å². The van der Waals surface area contributed by atoms with E-state index in [-0.39, 0.29) is 0 Å². The zero-order valence-corrected chi connectivity index (χ0v) is 17.0. The number of hydrogen-bond acceptors (Lipinski definition) is 9. The number of anilines is 3. The van der Waals surface area contributed by atoms with Crippen molar-refractivity contribution in [2.75, 3.05) is 67.2 Å². The van der Waals surface area contributed by atoms with E-state index in [0.717, 1.165) is 74.1 Å². The van der Waals surface area contributed by atoms with Gasteiger partial charge in [0, 0.05) is 45.0 Å². The molecule has 1 aromatic carbocycles. The van der Waals surface area contributed by atoms with Crippen molar-refractivity contribution in [3.05, 3.63) is 42.7 Å². The molecule has 150 valence electrons. The Morgan fingerprint density at radius 2 is 1.55 bits per heavy atom. The molecule has 4 heterocycles. The Bertz CT molecular complexity index is 937. The second-order valence-electron chi connectivity index (χ2n) is 7.06. The highest BCUT2D eigenvalue weighted by atomic mass is 32.1. The van der Waals surface area contributed by atoms with Crippen molar-refractivity contribution in [3.63, 3.8) is 0 Å². The molecule has 0 aliphatic carbocycles. The van der Waals surface area contributed by atoms with Gasteiger partial charge in [-0.3, -0.25) is 4.98 Å². The third kappa shape index (κ3) is 4.01. The molecule has 2 aromatic heterocycles. The molecule has 2 saturated heterocycles. The van der Waals surface area contributed by atoms with Crippen LogP contribution in [0.3, 0.4) is 0 Å². The van der Waals surface area contributed by atoms with Crippen LogP contribution in [0.4, 0.5) is 16.6 Å². The van der Waals surface area contributed by atoms with Crippen LogP contribution in [0.25, 0.3) is 10.7 Å². The minimum Gasteiger partial charge on any atom is -0.378 e. The predicted octanol–water partition coefficient (Wildman–Crippen LogP) is 2.16. The van der Waals surface area contributed by atoms with Gasteiger partial charge in [0.25, 0.3) is 0 Å². The summed E-state index contributed by atoms with van der Waals surface area (Å²) in [5, 5.41) is 10.6. The standard InChI is InChI=1S/C20H23N7OS/c1-2-4-16(5-3-1)25-6-8-27(9-7-25)20-24-23-19(29-20)17-14-21-15-18(22-17)26-10-12-28-13-11-26/h1-5,14-15H,6-13H2. The molecule has 0 N–H and O–H groups in total. The Hall–Kier alpha value is -2.78. The quantitative estimate of drug-likeness (QED) is 0.649. The first kappa shape index (κ1) is 18.3. The molecule has 29 heavy (non-hydrogen) atoms. The maximum Gasteiger partial charge on any atom is 0.208 e. The number of ether oxygens (including phenoxy) is 1. The normalized spacial score (nSPS) is 17.6. The van der Waals surface area contributed by atoms with Gasteiger partial charge in [0.05, 0.1) is 25.6 Å². The van der Waals surface area contributed by atoms with Crippen LogP contribution in [0.15, 0.2) is 42.7 Å². The van der Waals surface area contributed by atoms with Gasteiger partial charge in [-0.2, -0.15) is 0 Å². The number of rotatable bonds is 4. The van der Waals surface area contributed by atoms with Crippen LogP contribution in [0.2, 0.25) is 0 Å². The number of nitrogens with zero attached hydrogens (tertiary/aromatic N) is 7. The van der Waals surface area contributed by atoms with Gasteiger partial charge >= 0.3 is 0 Å². The number of piperazine rings is 1. The van der Waals surface area contributed by atoms with Gasteiger partial charge in [0.15, 0.2) is 5.01 Å². The van der Waals surface area contributed by atoms with E-state index in [1.54, 1.807) is 23.7 Å². The Balaban J connectivity index is 1.27. The van der Waals surface area contributed by atoms with E-state index in [1.165, 1.54) is 5.69 Å². The molecular weight excluding hydrogens is 386 g/mol. The van der Waals surface area contributed by atoms with Gasteiger partial charge in [-0.15, -0.1) is 10.2 Å². The lowest BCUT2D eigenvalue weighted by Crippen LogP contribution is -2.46. The molecule has 0 radical (unpaired) electrons. The molecule has 0 bridgehead atoms. The summed E-state index contributed by atoms with van der Waals surface area (Å²) in [5.74, 6) is 0.874. The van der Waals surface area contributed by atoms with Gasteiger partial charge < -0.3 is 19.4 Å². The summed E-state index contributed by atoms with van der Waals surface area (Å²) in [5.41, 5.74) is 2.06. The van der Waals surface area contributed by atoms with Crippen LogP contribution < -0.4 is 14.7 Å². The van der Waals surface area contributed by atoms with Crippen molar-refractivity contribution in [2.24, 2.45) is 0 Å². The molecule has 0 spiro atoms. The summed E-state index contributed by atoms with van der Waals surface area (Å²) in [4.78, 5) is 16.1. The van der Waals surface area contributed by atoms with E-state index in [2.05, 4.69) is 60.2 Å². The van der Waals surface area contributed by atoms with Crippen LogP contribution in [0, 0.1) is 0 Å². The van der Waals surface area contributed by atoms with Gasteiger partial charge in [0.2, 0.25) is 5.13 Å². The number of benzene rings is 1. The summed E-state index contributed by atoms with van der Waals surface area (Å²) in [6.07, 6.45) is 3.57. The summed E-state index contributed by atoms with van der Waals surface area (Å²) in [6, 6.07) is 10.6. The van der Waals surface area contributed by atoms with Gasteiger partial charge in [-0.05, 0) is 12.1 Å². The average molecular weight is 410 g/mol. The van der Waals surface area contributed by atoms with E-state index in [4.69, 9.17) is 9.72 Å². The predicted molar refractivity (Wildman–Crippen MR) is 115 cm³/mol. The highest BCUT2D eigenvalue weighted by molar-refractivity contribution is 7.18. The molecular formula is C20H23N7OS. The number of morpholine rings is 1. The lowest BCUT2D eigenvalue weighted by Gasteiger charge is -2.35. The van der Waals surface area contributed by atoms with Gasteiger partial charge in [-0.25, -0.2) is 4.98 Å². The van der Waals surface area contributed by atoms with Crippen molar-refractivity contribution in [3.8, 4) is 10.7 Å². The van der Waals surface area contributed by atoms with Crippen molar-refractivity contribution in [1.29, 1.82) is 0 Å². The maximum absolute atomic E-state index is 5.42. The van der Waals surface area contributed by atoms with Crippen LogP contribution >= 0.6 is 11.3 Å². The third-order valence-corrected chi connectivity index (χ3v) is 6.27. The molecule has 9 heteroatoms. The molecule has 0 unspecified atom stereocenters. The van der Waals surface area contributed by atoms with E-state index < -0.39 is 0 Å². The molecule has 2 aliphatic rings. The first-order chi connectivity index (χ1) is 14.4. The topological polar surface area (TPSA) is 70.5 Å². The largest absolute Gasteiger partial charge is 0.378 e. The number of hydrogen-bond donors (Lipinski definition) is 0. The van der Waals surface area contributed by atoms with E-state index in [0.29, 0.717) is 0 Å². The van der Waals surface area contributed by atoms with Crippen molar-refractivity contribution in [1.82, 2.24) is 20.2 Å². The lowest BCUT2D eigenvalue weighted by molar-refractivity contribution is 0.122. The maximum atomic E-state index is 5.42. The zero-order chi connectivity index (χ0) is 19.5. The smallest absolute Gasteiger partial charge is 0.208 e.